The fraction of sp³-hybridized carbons (Fsp3) is 0.389. The monoisotopic (exact) mass is 330 g/mol. The van der Waals surface area contributed by atoms with E-state index >= 15 is 0 Å². The molecule has 4 nitrogen and oxygen atoms in total. The highest BCUT2D eigenvalue weighted by Crippen LogP contribution is 2.29. The molecule has 0 unspecified atom stereocenters. The number of aliphatic hydroxyl groups is 1. The minimum Gasteiger partial charge on any atom is -0.393 e. The lowest BCUT2D eigenvalue weighted by molar-refractivity contribution is 0.102. The maximum atomic E-state index is 12.6. The summed E-state index contributed by atoms with van der Waals surface area (Å²) in [5.74, 6) is -0.0404. The van der Waals surface area contributed by atoms with Gasteiger partial charge in [0, 0.05) is 13.1 Å². The van der Waals surface area contributed by atoms with Crippen molar-refractivity contribution in [1.29, 1.82) is 0 Å². The van der Waals surface area contributed by atoms with E-state index in [1.54, 1.807) is 0 Å². The number of rotatable bonds is 4. The second kappa shape index (κ2) is 7.15. The Kier molecular flexibility index (Phi) is 4.98. The molecular weight excluding hydrogens is 308 g/mol. The number of anilines is 2. The van der Waals surface area contributed by atoms with E-state index in [9.17, 15) is 9.90 Å². The van der Waals surface area contributed by atoms with Crippen molar-refractivity contribution in [2.24, 2.45) is 0 Å². The molecule has 5 heteroatoms. The molecule has 122 valence electrons. The van der Waals surface area contributed by atoms with Gasteiger partial charge in [-0.2, -0.15) is 0 Å². The van der Waals surface area contributed by atoms with Crippen LogP contribution in [0.15, 0.2) is 35.7 Å². The Morgan fingerprint density at radius 1 is 1.30 bits per heavy atom. The lowest BCUT2D eigenvalue weighted by Gasteiger charge is -2.32. The summed E-state index contributed by atoms with van der Waals surface area (Å²) in [4.78, 5) is 15.6. The molecule has 0 saturated carbocycles. The SMILES string of the molecule is CCc1ccsc1C(=O)Nc1ccccc1N1CCC(O)CC1. The topological polar surface area (TPSA) is 52.6 Å². The minimum atomic E-state index is -0.203. The van der Waals surface area contributed by atoms with Crippen LogP contribution in [0.5, 0.6) is 0 Å². The van der Waals surface area contributed by atoms with Crippen LogP contribution in [0.25, 0.3) is 0 Å². The van der Waals surface area contributed by atoms with Crippen molar-refractivity contribution >= 4 is 28.6 Å². The Bertz CT molecular complexity index is 675. The summed E-state index contributed by atoms with van der Waals surface area (Å²) < 4.78 is 0. The van der Waals surface area contributed by atoms with Gasteiger partial charge in [-0.05, 0) is 48.4 Å². The molecule has 1 amide bonds. The first-order chi connectivity index (χ1) is 11.2. The number of benzene rings is 1. The lowest BCUT2D eigenvalue weighted by atomic mass is 10.1. The Morgan fingerprint density at radius 3 is 2.78 bits per heavy atom. The largest absolute Gasteiger partial charge is 0.393 e. The molecule has 0 radical (unpaired) electrons. The van der Waals surface area contributed by atoms with Crippen molar-refractivity contribution in [3.63, 3.8) is 0 Å². The van der Waals surface area contributed by atoms with Crippen molar-refractivity contribution < 1.29 is 9.90 Å². The second-order valence-electron chi connectivity index (χ2n) is 5.82. The van der Waals surface area contributed by atoms with Crippen LogP contribution in [0.2, 0.25) is 0 Å². The van der Waals surface area contributed by atoms with Crippen LogP contribution in [0, 0.1) is 0 Å². The van der Waals surface area contributed by atoms with Crippen LogP contribution >= 0.6 is 11.3 Å². The summed E-state index contributed by atoms with van der Waals surface area (Å²) in [5, 5.41) is 14.7. The fourth-order valence-corrected chi connectivity index (χ4v) is 3.84. The molecule has 0 aliphatic carbocycles. The highest BCUT2D eigenvalue weighted by atomic mass is 32.1. The van der Waals surface area contributed by atoms with Gasteiger partial charge in [-0.15, -0.1) is 11.3 Å². The van der Waals surface area contributed by atoms with Gasteiger partial charge in [-0.3, -0.25) is 4.79 Å². The molecule has 2 heterocycles. The number of thiophene rings is 1. The van der Waals surface area contributed by atoms with Gasteiger partial charge in [0.05, 0.1) is 22.4 Å². The number of piperidine rings is 1. The average molecular weight is 330 g/mol. The normalized spacial score (nSPS) is 15.7. The summed E-state index contributed by atoms with van der Waals surface area (Å²) in [6.45, 7) is 3.69. The van der Waals surface area contributed by atoms with Gasteiger partial charge in [0.1, 0.15) is 0 Å². The van der Waals surface area contributed by atoms with Crippen molar-refractivity contribution in [2.75, 3.05) is 23.3 Å². The zero-order chi connectivity index (χ0) is 16.2. The van der Waals surface area contributed by atoms with E-state index in [1.807, 2.05) is 35.7 Å². The second-order valence-corrected chi connectivity index (χ2v) is 6.73. The molecule has 3 rings (SSSR count). The summed E-state index contributed by atoms with van der Waals surface area (Å²) in [6.07, 6.45) is 2.20. The quantitative estimate of drug-likeness (QED) is 0.902. The van der Waals surface area contributed by atoms with Crippen LogP contribution < -0.4 is 10.2 Å². The molecule has 1 aliphatic rings. The first-order valence-electron chi connectivity index (χ1n) is 8.08. The van der Waals surface area contributed by atoms with Crippen molar-refractivity contribution in [2.45, 2.75) is 32.3 Å². The van der Waals surface area contributed by atoms with Gasteiger partial charge in [0.2, 0.25) is 0 Å². The van der Waals surface area contributed by atoms with Crippen LogP contribution in [0.4, 0.5) is 11.4 Å². The lowest BCUT2D eigenvalue weighted by Crippen LogP contribution is -2.36. The van der Waals surface area contributed by atoms with Gasteiger partial charge in [0.25, 0.3) is 5.91 Å². The summed E-state index contributed by atoms with van der Waals surface area (Å²) in [5.41, 5.74) is 2.96. The molecule has 1 aliphatic heterocycles. The van der Waals surface area contributed by atoms with E-state index in [2.05, 4.69) is 17.1 Å². The molecule has 0 bridgehead atoms. The van der Waals surface area contributed by atoms with E-state index in [1.165, 1.54) is 11.3 Å². The number of carbonyl (C=O) groups is 1. The maximum Gasteiger partial charge on any atom is 0.266 e. The highest BCUT2D eigenvalue weighted by molar-refractivity contribution is 7.12. The zero-order valence-corrected chi connectivity index (χ0v) is 14.1. The summed E-state index contributed by atoms with van der Waals surface area (Å²) >= 11 is 1.48. The van der Waals surface area contributed by atoms with E-state index in [4.69, 9.17) is 0 Å². The minimum absolute atomic E-state index is 0.0404. The van der Waals surface area contributed by atoms with E-state index in [0.717, 1.165) is 54.2 Å². The Balaban J connectivity index is 1.79. The van der Waals surface area contributed by atoms with Gasteiger partial charge in [0.15, 0.2) is 0 Å². The first-order valence-corrected chi connectivity index (χ1v) is 8.96. The van der Waals surface area contributed by atoms with Crippen molar-refractivity contribution in [3.8, 4) is 0 Å². The predicted molar refractivity (Wildman–Crippen MR) is 95.5 cm³/mol. The number of hydrogen-bond donors (Lipinski definition) is 2. The number of amides is 1. The van der Waals surface area contributed by atoms with Crippen molar-refractivity contribution in [3.05, 3.63) is 46.2 Å². The van der Waals surface area contributed by atoms with E-state index in [-0.39, 0.29) is 12.0 Å². The molecule has 1 saturated heterocycles. The Labute approximate surface area is 140 Å². The fourth-order valence-electron chi connectivity index (χ4n) is 2.95. The smallest absolute Gasteiger partial charge is 0.266 e. The van der Waals surface area contributed by atoms with Gasteiger partial charge in [-0.25, -0.2) is 0 Å². The maximum absolute atomic E-state index is 12.6. The molecule has 1 aromatic heterocycles. The molecule has 1 fully saturated rings. The van der Waals surface area contributed by atoms with E-state index in [0.29, 0.717) is 0 Å². The number of para-hydroxylation sites is 2. The van der Waals surface area contributed by atoms with Gasteiger partial charge >= 0.3 is 0 Å². The number of aliphatic hydroxyl groups excluding tert-OH is 1. The molecule has 0 spiro atoms. The molecule has 23 heavy (non-hydrogen) atoms. The third-order valence-electron chi connectivity index (χ3n) is 4.29. The summed E-state index contributed by atoms with van der Waals surface area (Å²) in [7, 11) is 0. The van der Waals surface area contributed by atoms with E-state index < -0.39 is 0 Å². The molecule has 0 atom stereocenters. The average Bonchev–Trinajstić information content (AvgIpc) is 3.05. The number of nitrogens with zero attached hydrogens (tertiary/aromatic N) is 1. The third kappa shape index (κ3) is 3.57. The number of hydrogen-bond acceptors (Lipinski definition) is 4. The van der Waals surface area contributed by atoms with Crippen LogP contribution in [-0.2, 0) is 6.42 Å². The zero-order valence-electron chi connectivity index (χ0n) is 13.3. The van der Waals surface area contributed by atoms with Crippen molar-refractivity contribution in [1.82, 2.24) is 0 Å². The van der Waals surface area contributed by atoms with Gasteiger partial charge < -0.3 is 15.3 Å². The number of nitrogens with one attached hydrogen (secondary N) is 1. The van der Waals surface area contributed by atoms with Crippen LogP contribution in [0.3, 0.4) is 0 Å². The number of aryl methyl sites for hydroxylation is 1. The standard InChI is InChI=1S/C18H22N2O2S/c1-2-13-9-12-23-17(13)18(22)19-15-5-3-4-6-16(15)20-10-7-14(21)8-11-20/h3-6,9,12,14,21H,2,7-8,10-11H2,1H3,(H,19,22). The Morgan fingerprint density at radius 2 is 2.04 bits per heavy atom. The Hall–Kier alpha value is -1.85. The molecule has 2 N–H and O–H groups in total. The first kappa shape index (κ1) is 16.0. The molecule has 1 aromatic carbocycles. The third-order valence-corrected chi connectivity index (χ3v) is 5.25. The summed E-state index contributed by atoms with van der Waals surface area (Å²) in [6, 6.07) is 9.91. The highest BCUT2D eigenvalue weighted by Gasteiger charge is 2.20. The van der Waals surface area contributed by atoms with Crippen LogP contribution in [-0.4, -0.2) is 30.2 Å². The number of carbonyl (C=O) groups excluding carboxylic acids is 1. The molecular formula is C18H22N2O2S. The molecule has 2 aromatic rings. The van der Waals surface area contributed by atoms with Gasteiger partial charge in [-0.1, -0.05) is 19.1 Å². The predicted octanol–water partition coefficient (Wildman–Crippen LogP) is 3.52. The van der Waals surface area contributed by atoms with Crippen LogP contribution in [0.1, 0.15) is 35.0 Å².